The lowest BCUT2D eigenvalue weighted by molar-refractivity contribution is 1.27. The summed E-state index contributed by atoms with van der Waals surface area (Å²) in [5.41, 5.74) is 4.00. The van der Waals surface area contributed by atoms with Gasteiger partial charge in [0.15, 0.2) is 0 Å². The highest BCUT2D eigenvalue weighted by molar-refractivity contribution is 7.13. The molecule has 2 nitrogen and oxygen atoms in total. The number of rotatable bonds is 1. The van der Waals surface area contributed by atoms with Gasteiger partial charge in [-0.2, -0.15) is 0 Å². The molecule has 2 aromatic rings. The van der Waals surface area contributed by atoms with Gasteiger partial charge in [0.2, 0.25) is 0 Å². The highest BCUT2D eigenvalue weighted by atomic mass is 32.1. The predicted octanol–water partition coefficient (Wildman–Crippen LogP) is 2.51. The van der Waals surface area contributed by atoms with Crippen LogP contribution >= 0.6 is 11.3 Å². The van der Waals surface area contributed by atoms with E-state index in [9.17, 15) is 0 Å². The standard InChI is InChI=1S/C9H8N2S/c1-7-2-3-8(11-4-7)9-5-10-6-12-9/h2-6H,1H3. The molecule has 12 heavy (non-hydrogen) atoms. The first kappa shape index (κ1) is 7.43. The normalized spacial score (nSPS) is 10.1. The maximum absolute atomic E-state index is 4.29. The van der Waals surface area contributed by atoms with Crippen molar-refractivity contribution in [1.82, 2.24) is 9.97 Å². The predicted molar refractivity (Wildman–Crippen MR) is 50.1 cm³/mol. The van der Waals surface area contributed by atoms with Gasteiger partial charge in [-0.3, -0.25) is 9.97 Å². The van der Waals surface area contributed by atoms with Gasteiger partial charge in [-0.15, -0.1) is 11.3 Å². The van der Waals surface area contributed by atoms with Crippen molar-refractivity contribution in [1.29, 1.82) is 0 Å². The summed E-state index contributed by atoms with van der Waals surface area (Å²) in [4.78, 5) is 9.41. The van der Waals surface area contributed by atoms with Gasteiger partial charge < -0.3 is 0 Å². The molecule has 2 rings (SSSR count). The van der Waals surface area contributed by atoms with Crippen LogP contribution in [0.5, 0.6) is 0 Å². The first-order valence-electron chi connectivity index (χ1n) is 3.68. The molecule has 0 radical (unpaired) electrons. The molecule has 0 saturated heterocycles. The third kappa shape index (κ3) is 1.36. The van der Waals surface area contributed by atoms with Crippen LogP contribution in [0, 0.1) is 6.92 Å². The Morgan fingerprint density at radius 2 is 2.17 bits per heavy atom. The fourth-order valence-corrected chi connectivity index (χ4v) is 1.55. The Morgan fingerprint density at radius 3 is 2.75 bits per heavy atom. The molecule has 0 aliphatic carbocycles. The number of aryl methyl sites for hydroxylation is 1. The SMILES string of the molecule is Cc1ccc(-c2cncs2)nc1. The van der Waals surface area contributed by atoms with Crippen molar-refractivity contribution in [3.05, 3.63) is 35.6 Å². The monoisotopic (exact) mass is 176 g/mol. The molecule has 2 aromatic heterocycles. The summed E-state index contributed by atoms with van der Waals surface area (Å²) >= 11 is 1.61. The van der Waals surface area contributed by atoms with Crippen LogP contribution in [-0.4, -0.2) is 9.97 Å². The van der Waals surface area contributed by atoms with Gasteiger partial charge in [-0.05, 0) is 18.6 Å². The maximum atomic E-state index is 4.29. The third-order valence-corrected chi connectivity index (χ3v) is 2.39. The summed E-state index contributed by atoms with van der Waals surface area (Å²) in [5, 5.41) is 0. The molecule has 60 valence electrons. The summed E-state index contributed by atoms with van der Waals surface area (Å²) < 4.78 is 0. The Morgan fingerprint density at radius 1 is 1.25 bits per heavy atom. The third-order valence-electron chi connectivity index (χ3n) is 1.60. The van der Waals surface area contributed by atoms with Crippen LogP contribution in [-0.2, 0) is 0 Å². The molecule has 0 fully saturated rings. The van der Waals surface area contributed by atoms with Crippen LogP contribution < -0.4 is 0 Å². The van der Waals surface area contributed by atoms with Crippen molar-refractivity contribution in [2.24, 2.45) is 0 Å². The number of nitrogens with zero attached hydrogens (tertiary/aromatic N) is 2. The molecular formula is C9H8N2S. The first-order chi connectivity index (χ1) is 5.86. The molecule has 0 bridgehead atoms. The molecule has 0 aliphatic rings. The van der Waals surface area contributed by atoms with Crippen molar-refractivity contribution in [2.45, 2.75) is 6.92 Å². The average Bonchev–Trinajstić information content (AvgIpc) is 2.58. The Hall–Kier alpha value is -1.22. The quantitative estimate of drug-likeness (QED) is 0.667. The van der Waals surface area contributed by atoms with E-state index in [1.165, 1.54) is 5.56 Å². The van der Waals surface area contributed by atoms with Crippen LogP contribution in [0.15, 0.2) is 30.0 Å². The molecular weight excluding hydrogens is 168 g/mol. The van der Waals surface area contributed by atoms with Gasteiger partial charge in [0.05, 0.1) is 16.1 Å². The van der Waals surface area contributed by atoms with Crippen molar-refractivity contribution >= 4 is 11.3 Å². The highest BCUT2D eigenvalue weighted by Gasteiger charge is 1.98. The van der Waals surface area contributed by atoms with E-state index >= 15 is 0 Å². The zero-order valence-electron chi connectivity index (χ0n) is 6.69. The summed E-state index contributed by atoms with van der Waals surface area (Å²) in [5.74, 6) is 0. The van der Waals surface area contributed by atoms with Gasteiger partial charge in [0, 0.05) is 12.4 Å². The van der Waals surface area contributed by atoms with Gasteiger partial charge in [0.1, 0.15) is 0 Å². The lowest BCUT2D eigenvalue weighted by Crippen LogP contribution is -1.80. The Bertz CT molecular complexity index is 351. The molecule has 0 N–H and O–H groups in total. The lowest BCUT2D eigenvalue weighted by atomic mass is 10.2. The van der Waals surface area contributed by atoms with E-state index in [1.807, 2.05) is 30.9 Å². The van der Waals surface area contributed by atoms with E-state index < -0.39 is 0 Å². The van der Waals surface area contributed by atoms with E-state index in [0.29, 0.717) is 0 Å². The molecule has 0 spiro atoms. The molecule has 2 heterocycles. The molecule has 0 unspecified atom stereocenters. The highest BCUT2D eigenvalue weighted by Crippen LogP contribution is 2.20. The number of thiazole rings is 1. The molecule has 0 aromatic carbocycles. The Balaban J connectivity index is 2.43. The van der Waals surface area contributed by atoms with E-state index in [4.69, 9.17) is 0 Å². The van der Waals surface area contributed by atoms with Crippen molar-refractivity contribution in [2.75, 3.05) is 0 Å². The first-order valence-corrected chi connectivity index (χ1v) is 4.56. The minimum Gasteiger partial charge on any atom is -0.255 e. The van der Waals surface area contributed by atoms with Crippen LogP contribution in [0.4, 0.5) is 0 Å². The van der Waals surface area contributed by atoms with Crippen molar-refractivity contribution < 1.29 is 0 Å². The Labute approximate surface area is 74.9 Å². The average molecular weight is 176 g/mol. The fraction of sp³-hybridized carbons (Fsp3) is 0.111. The topological polar surface area (TPSA) is 25.8 Å². The second-order valence-electron chi connectivity index (χ2n) is 2.59. The number of pyridine rings is 1. The van der Waals surface area contributed by atoms with E-state index in [0.717, 1.165) is 10.6 Å². The van der Waals surface area contributed by atoms with Crippen molar-refractivity contribution in [3.8, 4) is 10.6 Å². The van der Waals surface area contributed by atoms with E-state index in [-0.39, 0.29) is 0 Å². The maximum Gasteiger partial charge on any atom is 0.0818 e. The van der Waals surface area contributed by atoms with Gasteiger partial charge in [0.25, 0.3) is 0 Å². The van der Waals surface area contributed by atoms with Crippen LogP contribution in [0.1, 0.15) is 5.56 Å². The fourth-order valence-electron chi connectivity index (χ4n) is 0.956. The zero-order valence-corrected chi connectivity index (χ0v) is 7.51. The van der Waals surface area contributed by atoms with Crippen LogP contribution in [0.3, 0.4) is 0 Å². The minimum atomic E-state index is 1.00. The van der Waals surface area contributed by atoms with E-state index in [2.05, 4.69) is 16.0 Å². The van der Waals surface area contributed by atoms with Gasteiger partial charge >= 0.3 is 0 Å². The van der Waals surface area contributed by atoms with Crippen LogP contribution in [0.25, 0.3) is 10.6 Å². The van der Waals surface area contributed by atoms with Crippen LogP contribution in [0.2, 0.25) is 0 Å². The molecule has 0 amide bonds. The second kappa shape index (κ2) is 3.03. The van der Waals surface area contributed by atoms with Gasteiger partial charge in [-0.1, -0.05) is 6.07 Å². The minimum absolute atomic E-state index is 1.00. The smallest absolute Gasteiger partial charge is 0.0818 e. The van der Waals surface area contributed by atoms with E-state index in [1.54, 1.807) is 11.3 Å². The van der Waals surface area contributed by atoms with Crippen molar-refractivity contribution in [3.63, 3.8) is 0 Å². The Kier molecular flexibility index (Phi) is 1.87. The number of aromatic nitrogens is 2. The lowest BCUT2D eigenvalue weighted by Gasteiger charge is -1.94. The molecule has 0 saturated carbocycles. The summed E-state index contributed by atoms with van der Waals surface area (Å²) in [6, 6.07) is 4.07. The van der Waals surface area contributed by atoms with Gasteiger partial charge in [-0.25, -0.2) is 0 Å². The zero-order chi connectivity index (χ0) is 8.39. The summed E-state index contributed by atoms with van der Waals surface area (Å²) in [6.45, 7) is 2.03. The summed E-state index contributed by atoms with van der Waals surface area (Å²) in [7, 11) is 0. The molecule has 0 atom stereocenters. The second-order valence-corrected chi connectivity index (χ2v) is 3.47. The number of hydrogen-bond donors (Lipinski definition) is 0. The molecule has 0 aliphatic heterocycles. The summed E-state index contributed by atoms with van der Waals surface area (Å²) in [6.07, 6.45) is 3.71. The largest absolute Gasteiger partial charge is 0.255 e. The number of hydrogen-bond acceptors (Lipinski definition) is 3. The molecule has 3 heteroatoms.